The van der Waals surface area contributed by atoms with E-state index in [1.54, 1.807) is 0 Å². The number of benzene rings is 2. The van der Waals surface area contributed by atoms with Crippen molar-refractivity contribution in [2.24, 2.45) is 0 Å². The number of thiazole rings is 1. The molecule has 3 heterocycles. The van der Waals surface area contributed by atoms with Crippen molar-refractivity contribution in [3.63, 3.8) is 0 Å². The Hall–Kier alpha value is -3.97. The molecule has 2 aromatic carbocycles. The normalized spacial score (nSPS) is 12.4. The zero-order chi connectivity index (χ0) is 27.2. The number of aromatic nitrogens is 3. The highest BCUT2D eigenvalue weighted by molar-refractivity contribution is 7.18. The zero-order valence-electron chi connectivity index (χ0n) is 19.1. The Morgan fingerprint density at radius 2 is 1.76 bits per heavy atom. The summed E-state index contributed by atoms with van der Waals surface area (Å²) in [5.41, 5.74) is -1.41. The Bertz CT molecular complexity index is 1670. The van der Waals surface area contributed by atoms with E-state index in [0.29, 0.717) is 15.4 Å². The average molecular weight is 550 g/mol. The molecule has 0 unspecified atom stereocenters. The minimum absolute atomic E-state index is 0.0372. The fourth-order valence-electron chi connectivity index (χ4n) is 4.11. The predicted molar refractivity (Wildman–Crippen MR) is 129 cm³/mol. The number of amides is 1. The number of halogens is 6. The second-order valence-corrected chi connectivity index (χ2v) is 9.37. The Labute approximate surface area is 214 Å². The van der Waals surface area contributed by atoms with Crippen LogP contribution in [0.1, 0.15) is 32.2 Å². The molecule has 0 saturated carbocycles. The smallest absolute Gasteiger partial charge is 0.389 e. The first-order valence-electron chi connectivity index (χ1n) is 11.0. The number of aliphatic hydroxyl groups excluding tert-OH is 1. The summed E-state index contributed by atoms with van der Waals surface area (Å²) in [5, 5.41) is 12.3. The molecule has 196 valence electrons. The van der Waals surface area contributed by atoms with Crippen LogP contribution in [0.3, 0.4) is 0 Å². The van der Waals surface area contributed by atoms with Crippen LogP contribution in [0.4, 0.5) is 32.0 Å². The molecular weight excluding hydrogens is 534 g/mol. The molecule has 0 aliphatic carbocycles. The van der Waals surface area contributed by atoms with Gasteiger partial charge in [0.05, 0.1) is 29.6 Å². The standard InChI is InChI=1S/C25H16F6N4O2S/c26-24(27,28)15-5-6-19-14(7-15)8-20(35(19)11-13-3-1-2-4-17(13)25(29,30)31)22(37)33-16-9-18-23(32-10-16)38-21(12-36)34-18/h1-10,36H,11-12H2,(H,33,37). The lowest BCUT2D eigenvalue weighted by Gasteiger charge is -2.16. The van der Waals surface area contributed by atoms with Gasteiger partial charge in [-0.05, 0) is 42.0 Å². The van der Waals surface area contributed by atoms with E-state index >= 15 is 0 Å². The van der Waals surface area contributed by atoms with E-state index in [1.165, 1.54) is 41.1 Å². The zero-order valence-corrected chi connectivity index (χ0v) is 19.9. The topological polar surface area (TPSA) is 80.0 Å². The number of aliphatic hydroxyl groups is 1. The quantitative estimate of drug-likeness (QED) is 0.246. The molecule has 0 spiro atoms. The number of carbonyl (C=O) groups is 1. The van der Waals surface area contributed by atoms with Gasteiger partial charge in [-0.3, -0.25) is 4.79 Å². The monoisotopic (exact) mass is 550 g/mol. The molecule has 38 heavy (non-hydrogen) atoms. The molecule has 1 amide bonds. The molecule has 0 atom stereocenters. The summed E-state index contributed by atoms with van der Waals surface area (Å²) in [7, 11) is 0. The van der Waals surface area contributed by atoms with E-state index in [4.69, 9.17) is 0 Å². The molecule has 0 bridgehead atoms. The maximum absolute atomic E-state index is 13.6. The number of rotatable bonds is 5. The van der Waals surface area contributed by atoms with Gasteiger partial charge in [0.25, 0.3) is 5.91 Å². The number of pyridine rings is 1. The molecule has 0 radical (unpaired) electrons. The maximum Gasteiger partial charge on any atom is 0.416 e. The van der Waals surface area contributed by atoms with Gasteiger partial charge in [-0.2, -0.15) is 26.3 Å². The second kappa shape index (κ2) is 9.40. The third-order valence-electron chi connectivity index (χ3n) is 5.80. The lowest BCUT2D eigenvalue weighted by atomic mass is 10.1. The Morgan fingerprint density at radius 3 is 2.47 bits per heavy atom. The number of fused-ring (bicyclic) bond motifs is 2. The minimum Gasteiger partial charge on any atom is -0.389 e. The van der Waals surface area contributed by atoms with Gasteiger partial charge in [-0.25, -0.2) is 9.97 Å². The van der Waals surface area contributed by atoms with Crippen molar-refractivity contribution in [1.82, 2.24) is 14.5 Å². The van der Waals surface area contributed by atoms with Crippen LogP contribution in [0, 0.1) is 0 Å². The van der Waals surface area contributed by atoms with E-state index in [2.05, 4.69) is 15.3 Å². The van der Waals surface area contributed by atoms with Crippen LogP contribution in [0.25, 0.3) is 21.3 Å². The second-order valence-electron chi connectivity index (χ2n) is 8.31. The molecule has 13 heteroatoms. The number of hydrogen-bond acceptors (Lipinski definition) is 5. The summed E-state index contributed by atoms with van der Waals surface area (Å²) in [4.78, 5) is 22.2. The molecule has 6 nitrogen and oxygen atoms in total. The summed E-state index contributed by atoms with van der Waals surface area (Å²) in [5.74, 6) is -0.766. The summed E-state index contributed by atoms with van der Waals surface area (Å²) in [6.07, 6.45) is -7.98. The minimum atomic E-state index is -4.67. The van der Waals surface area contributed by atoms with E-state index in [1.807, 2.05) is 0 Å². The van der Waals surface area contributed by atoms with E-state index in [0.717, 1.165) is 35.6 Å². The van der Waals surface area contributed by atoms with E-state index in [9.17, 15) is 36.2 Å². The van der Waals surface area contributed by atoms with Gasteiger partial charge in [0.2, 0.25) is 0 Å². The maximum atomic E-state index is 13.6. The number of hydrogen-bond donors (Lipinski definition) is 2. The first-order valence-corrected chi connectivity index (χ1v) is 11.8. The van der Waals surface area contributed by atoms with Crippen LogP contribution >= 0.6 is 11.3 Å². The van der Waals surface area contributed by atoms with Crippen LogP contribution in [0.15, 0.2) is 60.8 Å². The Balaban J connectivity index is 1.59. The van der Waals surface area contributed by atoms with Crippen LogP contribution in [-0.2, 0) is 25.5 Å². The summed E-state index contributed by atoms with van der Waals surface area (Å²) >= 11 is 1.16. The van der Waals surface area contributed by atoms with Gasteiger partial charge in [0.15, 0.2) is 0 Å². The van der Waals surface area contributed by atoms with E-state index in [-0.39, 0.29) is 34.5 Å². The van der Waals surface area contributed by atoms with Crippen molar-refractivity contribution < 1.29 is 36.2 Å². The van der Waals surface area contributed by atoms with Crippen molar-refractivity contribution in [2.45, 2.75) is 25.5 Å². The molecule has 2 N–H and O–H groups in total. The molecule has 0 fully saturated rings. The molecule has 5 aromatic rings. The van der Waals surface area contributed by atoms with Crippen molar-refractivity contribution >= 4 is 44.2 Å². The largest absolute Gasteiger partial charge is 0.416 e. The van der Waals surface area contributed by atoms with Gasteiger partial charge in [0, 0.05) is 17.4 Å². The van der Waals surface area contributed by atoms with Crippen molar-refractivity contribution in [1.29, 1.82) is 0 Å². The average Bonchev–Trinajstić information content (AvgIpc) is 3.44. The Morgan fingerprint density at radius 1 is 1.00 bits per heavy atom. The lowest BCUT2D eigenvalue weighted by molar-refractivity contribution is -0.138. The van der Waals surface area contributed by atoms with Gasteiger partial charge < -0.3 is 15.0 Å². The highest BCUT2D eigenvalue weighted by atomic mass is 32.1. The molecule has 0 aliphatic heterocycles. The number of anilines is 1. The lowest BCUT2D eigenvalue weighted by Crippen LogP contribution is -2.19. The molecule has 0 aliphatic rings. The third-order valence-corrected chi connectivity index (χ3v) is 6.76. The predicted octanol–water partition coefficient (Wildman–Crippen LogP) is 6.48. The highest BCUT2D eigenvalue weighted by Crippen LogP contribution is 2.35. The third kappa shape index (κ3) is 4.94. The first kappa shape index (κ1) is 25.7. The van der Waals surface area contributed by atoms with Crippen molar-refractivity contribution in [3.8, 4) is 0 Å². The molecule has 5 rings (SSSR count). The van der Waals surface area contributed by atoms with Crippen LogP contribution in [-0.4, -0.2) is 25.5 Å². The first-order chi connectivity index (χ1) is 17.9. The fourth-order valence-corrected chi connectivity index (χ4v) is 4.86. The van der Waals surface area contributed by atoms with Crippen LogP contribution < -0.4 is 5.32 Å². The molecule has 3 aromatic heterocycles. The SMILES string of the molecule is O=C(Nc1cnc2sc(CO)nc2c1)c1cc2cc(C(F)(F)F)ccc2n1Cc1ccccc1C(F)(F)F. The van der Waals surface area contributed by atoms with Gasteiger partial charge in [-0.15, -0.1) is 0 Å². The number of carbonyl (C=O) groups excluding carboxylic acids is 1. The van der Waals surface area contributed by atoms with Crippen LogP contribution in [0.2, 0.25) is 0 Å². The number of nitrogens with one attached hydrogen (secondary N) is 1. The van der Waals surface area contributed by atoms with Gasteiger partial charge in [-0.1, -0.05) is 29.5 Å². The fraction of sp³-hybridized carbons (Fsp3) is 0.160. The number of alkyl halides is 6. The van der Waals surface area contributed by atoms with Crippen molar-refractivity contribution in [2.75, 3.05) is 5.32 Å². The van der Waals surface area contributed by atoms with Crippen molar-refractivity contribution in [3.05, 3.63) is 88.2 Å². The van der Waals surface area contributed by atoms with Crippen LogP contribution in [0.5, 0.6) is 0 Å². The van der Waals surface area contributed by atoms with Gasteiger partial charge in [0.1, 0.15) is 21.0 Å². The summed E-state index contributed by atoms with van der Waals surface area (Å²) < 4.78 is 82.1. The molecule has 0 saturated heterocycles. The number of nitrogens with zero attached hydrogens (tertiary/aromatic N) is 3. The van der Waals surface area contributed by atoms with Gasteiger partial charge >= 0.3 is 12.4 Å². The summed E-state index contributed by atoms with van der Waals surface area (Å²) in [6, 6.07) is 10.3. The van der Waals surface area contributed by atoms with E-state index < -0.39 is 35.9 Å². The molecular formula is C25H16F6N4O2S. The summed E-state index contributed by atoms with van der Waals surface area (Å²) in [6.45, 7) is -0.710. The highest BCUT2D eigenvalue weighted by Gasteiger charge is 2.34. The Kier molecular flexibility index (Phi) is 6.35.